The summed E-state index contributed by atoms with van der Waals surface area (Å²) in [5.74, 6) is -1.85. The summed E-state index contributed by atoms with van der Waals surface area (Å²) in [7, 11) is 0. The van der Waals surface area contributed by atoms with Crippen LogP contribution in [0.25, 0.3) is 11.1 Å². The van der Waals surface area contributed by atoms with Crippen LogP contribution >= 0.6 is 0 Å². The second-order valence-corrected chi connectivity index (χ2v) is 10.0. The molecule has 2 aliphatic rings. The number of hydrogen-bond acceptors (Lipinski definition) is 5. The van der Waals surface area contributed by atoms with Gasteiger partial charge < -0.3 is 25.2 Å². The van der Waals surface area contributed by atoms with Crippen molar-refractivity contribution < 1.29 is 29.3 Å². The molecule has 180 valence electrons. The Morgan fingerprint density at radius 2 is 1.62 bits per heavy atom. The van der Waals surface area contributed by atoms with Crippen molar-refractivity contribution >= 4 is 18.0 Å². The van der Waals surface area contributed by atoms with Gasteiger partial charge in [0.1, 0.15) is 18.7 Å². The van der Waals surface area contributed by atoms with E-state index < -0.39 is 41.6 Å². The second kappa shape index (κ2) is 9.10. The largest absolute Gasteiger partial charge is 0.480 e. The molecule has 3 atom stereocenters. The normalized spacial score (nSPS) is 20.4. The molecular weight excluding hydrogens is 436 g/mol. The summed E-state index contributed by atoms with van der Waals surface area (Å²) in [6, 6.07) is 13.9. The molecule has 34 heavy (non-hydrogen) atoms. The van der Waals surface area contributed by atoms with Crippen LogP contribution in [0, 0.1) is 5.41 Å². The van der Waals surface area contributed by atoms with Gasteiger partial charge in [0.15, 0.2) is 0 Å². The number of carbonyl (C=O) groups is 3. The zero-order valence-electron chi connectivity index (χ0n) is 19.5. The van der Waals surface area contributed by atoms with Gasteiger partial charge in [0.2, 0.25) is 5.91 Å². The highest BCUT2D eigenvalue weighted by Gasteiger charge is 2.44. The Morgan fingerprint density at radius 3 is 2.15 bits per heavy atom. The van der Waals surface area contributed by atoms with E-state index in [1.54, 1.807) is 20.8 Å². The number of aliphatic hydroxyl groups is 1. The van der Waals surface area contributed by atoms with Gasteiger partial charge in [-0.2, -0.15) is 0 Å². The highest BCUT2D eigenvalue weighted by molar-refractivity contribution is 5.90. The summed E-state index contributed by atoms with van der Waals surface area (Å²) in [5.41, 5.74) is 3.68. The van der Waals surface area contributed by atoms with Gasteiger partial charge >= 0.3 is 12.1 Å². The van der Waals surface area contributed by atoms with Crippen LogP contribution in [0.3, 0.4) is 0 Å². The Bertz CT molecular complexity index is 1060. The molecule has 1 fully saturated rings. The van der Waals surface area contributed by atoms with E-state index in [9.17, 15) is 24.6 Å². The van der Waals surface area contributed by atoms with Gasteiger partial charge in [0.05, 0.1) is 6.10 Å². The lowest BCUT2D eigenvalue weighted by Crippen LogP contribution is -2.57. The lowest BCUT2D eigenvalue weighted by molar-refractivity contribution is -0.150. The topological polar surface area (TPSA) is 116 Å². The van der Waals surface area contributed by atoms with Gasteiger partial charge in [-0.1, -0.05) is 69.3 Å². The monoisotopic (exact) mass is 466 g/mol. The third-order valence-electron chi connectivity index (χ3n) is 6.57. The van der Waals surface area contributed by atoms with E-state index in [4.69, 9.17) is 4.74 Å². The highest BCUT2D eigenvalue weighted by Crippen LogP contribution is 2.44. The van der Waals surface area contributed by atoms with Crippen molar-refractivity contribution in [3.8, 4) is 11.1 Å². The minimum Gasteiger partial charge on any atom is -0.480 e. The van der Waals surface area contributed by atoms with Crippen molar-refractivity contribution in [1.82, 2.24) is 10.2 Å². The van der Waals surface area contributed by atoms with Gasteiger partial charge in [0.25, 0.3) is 0 Å². The second-order valence-electron chi connectivity index (χ2n) is 10.0. The highest BCUT2D eigenvalue weighted by atomic mass is 16.5. The fourth-order valence-electron chi connectivity index (χ4n) is 4.86. The molecule has 8 nitrogen and oxygen atoms in total. The summed E-state index contributed by atoms with van der Waals surface area (Å²) < 4.78 is 5.59. The Hall–Kier alpha value is -3.39. The zero-order chi connectivity index (χ0) is 24.6. The lowest BCUT2D eigenvalue weighted by Gasteiger charge is -2.34. The van der Waals surface area contributed by atoms with Crippen LogP contribution in [0.15, 0.2) is 48.5 Å². The number of amides is 2. The number of carbonyl (C=O) groups excluding carboxylic acids is 2. The first-order chi connectivity index (χ1) is 16.1. The summed E-state index contributed by atoms with van der Waals surface area (Å²) in [6.07, 6.45) is -1.70. The molecule has 2 unspecified atom stereocenters. The maximum Gasteiger partial charge on any atom is 0.407 e. The molecule has 2 amide bonds. The maximum absolute atomic E-state index is 13.3. The van der Waals surface area contributed by atoms with E-state index in [2.05, 4.69) is 5.32 Å². The third-order valence-corrected chi connectivity index (χ3v) is 6.57. The van der Waals surface area contributed by atoms with E-state index in [1.165, 1.54) is 0 Å². The number of β-amino-alcohol motifs (C(OH)–C–C–N with tert-alkyl or cyclic N) is 1. The van der Waals surface area contributed by atoms with E-state index in [0.29, 0.717) is 0 Å². The lowest BCUT2D eigenvalue weighted by atomic mass is 9.85. The fraction of sp³-hybridized carbons (Fsp3) is 0.423. The van der Waals surface area contributed by atoms with Crippen molar-refractivity contribution in [2.45, 2.75) is 51.3 Å². The van der Waals surface area contributed by atoms with Crippen LogP contribution < -0.4 is 5.32 Å². The molecule has 2 aromatic rings. The Morgan fingerprint density at radius 1 is 1.06 bits per heavy atom. The molecule has 0 aromatic heterocycles. The molecule has 0 radical (unpaired) electrons. The van der Waals surface area contributed by atoms with Gasteiger partial charge in [0, 0.05) is 18.9 Å². The van der Waals surface area contributed by atoms with Crippen molar-refractivity contribution in [1.29, 1.82) is 0 Å². The molecule has 2 aromatic carbocycles. The van der Waals surface area contributed by atoms with Gasteiger partial charge in [-0.05, 0) is 27.7 Å². The van der Waals surface area contributed by atoms with E-state index >= 15 is 0 Å². The predicted molar refractivity (Wildman–Crippen MR) is 125 cm³/mol. The van der Waals surface area contributed by atoms with Gasteiger partial charge in [-0.15, -0.1) is 0 Å². The number of rotatable bonds is 5. The minimum absolute atomic E-state index is 0.0388. The Balaban J connectivity index is 1.48. The van der Waals surface area contributed by atoms with E-state index in [0.717, 1.165) is 27.2 Å². The summed E-state index contributed by atoms with van der Waals surface area (Å²) in [5, 5.41) is 22.0. The minimum atomic E-state index is -1.18. The molecule has 0 saturated carbocycles. The Kier molecular flexibility index (Phi) is 6.36. The van der Waals surface area contributed by atoms with Crippen molar-refractivity contribution in [3.63, 3.8) is 0 Å². The van der Waals surface area contributed by atoms with Crippen molar-refractivity contribution in [2.24, 2.45) is 5.41 Å². The SMILES string of the molecule is CC(C)(C)[C@H](NC(=O)OCC1c2ccccc2-c2ccccc21)C(=O)N1CC(O)CC1C(=O)O. The molecule has 4 rings (SSSR count). The first-order valence-electron chi connectivity index (χ1n) is 11.4. The number of aliphatic carboxylic acids is 1. The molecule has 1 heterocycles. The third kappa shape index (κ3) is 4.50. The molecule has 8 heteroatoms. The molecule has 1 saturated heterocycles. The first kappa shape index (κ1) is 23.8. The van der Waals surface area contributed by atoms with Crippen LogP contribution in [0.5, 0.6) is 0 Å². The number of carboxylic acids is 1. The quantitative estimate of drug-likeness (QED) is 0.624. The number of ether oxygens (including phenoxy) is 1. The average Bonchev–Trinajstić information content (AvgIpc) is 3.33. The number of fused-ring (bicyclic) bond motifs is 3. The van der Waals surface area contributed by atoms with E-state index in [-0.39, 0.29) is 25.5 Å². The van der Waals surface area contributed by atoms with Crippen LogP contribution in [0.4, 0.5) is 4.79 Å². The predicted octanol–water partition coefficient (Wildman–Crippen LogP) is 2.99. The molecule has 0 spiro atoms. The maximum atomic E-state index is 13.3. The van der Waals surface area contributed by atoms with Gasteiger partial charge in [-0.3, -0.25) is 4.79 Å². The molecular formula is C26H30N2O6. The number of likely N-dealkylation sites (tertiary alicyclic amines) is 1. The molecule has 1 aliphatic carbocycles. The van der Waals surface area contributed by atoms with Crippen molar-refractivity contribution in [2.75, 3.05) is 13.2 Å². The number of nitrogens with zero attached hydrogens (tertiary/aromatic N) is 1. The van der Waals surface area contributed by atoms with Crippen LogP contribution in [0.2, 0.25) is 0 Å². The summed E-state index contributed by atoms with van der Waals surface area (Å²) >= 11 is 0. The standard InChI is InChI=1S/C26H30N2O6/c1-26(2,3)22(23(30)28-13-15(29)12-21(28)24(31)32)27-25(33)34-14-20-18-10-6-4-8-16(18)17-9-5-7-11-19(17)20/h4-11,15,20-22,29H,12-14H2,1-3H3,(H,27,33)(H,31,32)/t15?,21?,22-/m1/s1. The van der Waals surface area contributed by atoms with Crippen LogP contribution in [-0.2, 0) is 14.3 Å². The zero-order valence-corrected chi connectivity index (χ0v) is 19.5. The fourth-order valence-corrected chi connectivity index (χ4v) is 4.86. The number of carboxylic acid groups (broad SMARTS) is 1. The number of hydrogen-bond donors (Lipinski definition) is 3. The number of nitrogens with one attached hydrogen (secondary N) is 1. The number of aliphatic hydroxyl groups excluding tert-OH is 1. The summed E-state index contributed by atoms with van der Waals surface area (Å²) in [6.45, 7) is 5.35. The van der Waals surface area contributed by atoms with Crippen molar-refractivity contribution in [3.05, 3.63) is 59.7 Å². The Labute approximate surface area is 198 Å². The van der Waals surface area contributed by atoms with E-state index in [1.807, 2.05) is 48.5 Å². The average molecular weight is 467 g/mol. The first-order valence-corrected chi connectivity index (χ1v) is 11.4. The number of benzene rings is 2. The van der Waals surface area contributed by atoms with Crippen LogP contribution in [0.1, 0.15) is 44.2 Å². The molecule has 3 N–H and O–H groups in total. The smallest absolute Gasteiger partial charge is 0.407 e. The molecule has 1 aliphatic heterocycles. The molecule has 0 bridgehead atoms. The summed E-state index contributed by atoms with van der Waals surface area (Å²) in [4.78, 5) is 38.8. The van der Waals surface area contributed by atoms with Gasteiger partial charge in [-0.25, -0.2) is 9.59 Å². The van der Waals surface area contributed by atoms with Crippen LogP contribution in [-0.4, -0.2) is 64.4 Å². The number of alkyl carbamates (subject to hydrolysis) is 1.